The molecule has 3 N–H and O–H groups in total. The van der Waals surface area contributed by atoms with Crippen molar-refractivity contribution in [3.63, 3.8) is 0 Å². The molecule has 0 aliphatic carbocycles. The Kier molecular flexibility index (Phi) is 5.01. The fourth-order valence-electron chi connectivity index (χ4n) is 3.18. The molecule has 25 heavy (non-hydrogen) atoms. The Balaban J connectivity index is 1.66. The summed E-state index contributed by atoms with van der Waals surface area (Å²) in [4.78, 5) is 26.8. The number of hydrogen-bond acceptors (Lipinski definition) is 5. The summed E-state index contributed by atoms with van der Waals surface area (Å²) in [6.45, 7) is 5.26. The number of likely N-dealkylation sites (tertiary alicyclic amines) is 1. The first-order valence-electron chi connectivity index (χ1n) is 8.78. The van der Waals surface area contributed by atoms with Crippen LogP contribution in [0.5, 0.6) is 11.5 Å². The molecule has 0 saturated carbocycles. The number of rotatable bonds is 4. The molecule has 0 aromatic heterocycles. The van der Waals surface area contributed by atoms with Crippen LogP contribution in [-0.2, 0) is 9.59 Å². The highest BCUT2D eigenvalue weighted by molar-refractivity contribution is 5.96. The van der Waals surface area contributed by atoms with Crippen LogP contribution in [0.25, 0.3) is 0 Å². The average Bonchev–Trinajstić information content (AvgIpc) is 3.07. The molecular formula is C18H25N3O4. The van der Waals surface area contributed by atoms with Gasteiger partial charge in [0.15, 0.2) is 11.5 Å². The topological polar surface area (TPSA) is 93.9 Å². The van der Waals surface area contributed by atoms with Crippen LogP contribution in [0.1, 0.15) is 33.1 Å². The second-order valence-corrected chi connectivity index (χ2v) is 6.71. The molecule has 2 amide bonds. The van der Waals surface area contributed by atoms with Crippen LogP contribution in [0.2, 0.25) is 0 Å². The molecule has 1 aromatic carbocycles. The normalized spacial score (nSPS) is 20.2. The zero-order valence-electron chi connectivity index (χ0n) is 14.7. The molecule has 0 bridgehead atoms. The number of nitrogens with two attached hydrogens (primary N) is 1. The van der Waals surface area contributed by atoms with Crippen LogP contribution in [0.3, 0.4) is 0 Å². The van der Waals surface area contributed by atoms with E-state index >= 15 is 0 Å². The minimum Gasteiger partial charge on any atom is -0.454 e. The molecule has 2 atom stereocenters. The lowest BCUT2D eigenvalue weighted by Gasteiger charge is -2.33. The lowest BCUT2D eigenvalue weighted by Crippen LogP contribution is -2.45. The first-order chi connectivity index (χ1) is 12.0. The van der Waals surface area contributed by atoms with Crippen molar-refractivity contribution < 1.29 is 19.1 Å². The Morgan fingerprint density at radius 3 is 2.80 bits per heavy atom. The minimum absolute atomic E-state index is 0.00804. The largest absolute Gasteiger partial charge is 0.454 e. The molecule has 0 radical (unpaired) electrons. The van der Waals surface area contributed by atoms with Gasteiger partial charge in [0.2, 0.25) is 18.6 Å². The van der Waals surface area contributed by atoms with Crippen LogP contribution in [0.15, 0.2) is 12.1 Å². The predicted octanol–water partition coefficient (Wildman–Crippen LogP) is 2.22. The van der Waals surface area contributed by atoms with E-state index < -0.39 is 0 Å². The SMILES string of the molecule is CCC(C)C(=O)N1CCCC(C(=O)Nc2cc3c(cc2N)OCO3)C1. The number of carbonyl (C=O) groups excluding carboxylic acids is 2. The number of nitrogens with zero attached hydrogens (tertiary/aromatic N) is 1. The van der Waals surface area contributed by atoms with Gasteiger partial charge in [-0.15, -0.1) is 0 Å². The Labute approximate surface area is 147 Å². The molecule has 2 heterocycles. The van der Waals surface area contributed by atoms with Crippen LogP contribution in [0.4, 0.5) is 11.4 Å². The monoisotopic (exact) mass is 347 g/mol. The Morgan fingerprint density at radius 2 is 2.08 bits per heavy atom. The highest BCUT2D eigenvalue weighted by atomic mass is 16.7. The molecule has 0 spiro atoms. The molecular weight excluding hydrogens is 322 g/mol. The van der Waals surface area contributed by atoms with Gasteiger partial charge in [0.25, 0.3) is 0 Å². The third-order valence-electron chi connectivity index (χ3n) is 4.94. The number of carbonyl (C=O) groups is 2. The van der Waals surface area contributed by atoms with E-state index in [2.05, 4.69) is 5.32 Å². The van der Waals surface area contributed by atoms with Gasteiger partial charge in [-0.1, -0.05) is 13.8 Å². The van der Waals surface area contributed by atoms with Crippen LogP contribution in [-0.4, -0.2) is 36.6 Å². The van der Waals surface area contributed by atoms with E-state index in [0.29, 0.717) is 29.4 Å². The number of nitrogen functional groups attached to an aromatic ring is 1. The van der Waals surface area contributed by atoms with E-state index in [1.165, 1.54) is 0 Å². The van der Waals surface area contributed by atoms with Gasteiger partial charge in [0, 0.05) is 31.1 Å². The summed E-state index contributed by atoms with van der Waals surface area (Å²) in [5.41, 5.74) is 6.93. The van der Waals surface area contributed by atoms with Gasteiger partial charge >= 0.3 is 0 Å². The van der Waals surface area contributed by atoms with Crippen molar-refractivity contribution in [3.8, 4) is 11.5 Å². The van der Waals surface area contributed by atoms with Crippen molar-refractivity contribution in [1.29, 1.82) is 0 Å². The molecule has 7 nitrogen and oxygen atoms in total. The zero-order chi connectivity index (χ0) is 18.0. The van der Waals surface area contributed by atoms with Gasteiger partial charge in [-0.25, -0.2) is 0 Å². The summed E-state index contributed by atoms with van der Waals surface area (Å²) in [5, 5.41) is 2.87. The van der Waals surface area contributed by atoms with E-state index in [0.717, 1.165) is 25.8 Å². The molecule has 1 saturated heterocycles. The highest BCUT2D eigenvalue weighted by Crippen LogP contribution is 2.38. The Hall–Kier alpha value is -2.44. The zero-order valence-corrected chi connectivity index (χ0v) is 14.7. The molecule has 7 heteroatoms. The maximum Gasteiger partial charge on any atom is 0.231 e. The van der Waals surface area contributed by atoms with Crippen LogP contribution < -0.4 is 20.5 Å². The molecule has 2 aliphatic heterocycles. The molecule has 1 aromatic rings. The van der Waals surface area contributed by atoms with Crippen molar-refractivity contribution in [2.45, 2.75) is 33.1 Å². The maximum absolute atomic E-state index is 12.7. The van der Waals surface area contributed by atoms with E-state index in [4.69, 9.17) is 15.2 Å². The molecule has 2 aliphatic rings. The highest BCUT2D eigenvalue weighted by Gasteiger charge is 2.30. The second-order valence-electron chi connectivity index (χ2n) is 6.71. The summed E-state index contributed by atoms with van der Waals surface area (Å²) in [6.07, 6.45) is 2.40. The lowest BCUT2D eigenvalue weighted by molar-refractivity contribution is -0.138. The molecule has 1 fully saturated rings. The number of amides is 2. The number of anilines is 2. The number of fused-ring (bicyclic) bond motifs is 1. The number of hydrogen-bond donors (Lipinski definition) is 2. The second kappa shape index (κ2) is 7.21. The van der Waals surface area contributed by atoms with Gasteiger partial charge in [-0.05, 0) is 19.3 Å². The summed E-state index contributed by atoms with van der Waals surface area (Å²) >= 11 is 0. The van der Waals surface area contributed by atoms with Crippen molar-refractivity contribution in [3.05, 3.63) is 12.1 Å². The van der Waals surface area contributed by atoms with E-state index in [1.54, 1.807) is 12.1 Å². The van der Waals surface area contributed by atoms with E-state index in [-0.39, 0.29) is 30.4 Å². The quantitative estimate of drug-likeness (QED) is 0.815. The van der Waals surface area contributed by atoms with Gasteiger partial charge in [-0.3, -0.25) is 9.59 Å². The Morgan fingerprint density at radius 1 is 1.36 bits per heavy atom. The Bertz CT molecular complexity index is 677. The fraction of sp³-hybridized carbons (Fsp3) is 0.556. The summed E-state index contributed by atoms with van der Waals surface area (Å²) in [5.74, 6) is 0.924. The smallest absolute Gasteiger partial charge is 0.231 e. The summed E-state index contributed by atoms with van der Waals surface area (Å²) in [6, 6.07) is 3.33. The third kappa shape index (κ3) is 3.65. The van der Waals surface area contributed by atoms with Gasteiger partial charge in [0.05, 0.1) is 17.3 Å². The van der Waals surface area contributed by atoms with E-state index in [9.17, 15) is 9.59 Å². The van der Waals surface area contributed by atoms with Gasteiger partial charge in [0.1, 0.15) is 0 Å². The minimum atomic E-state index is -0.230. The number of nitrogens with one attached hydrogen (secondary N) is 1. The number of piperidine rings is 1. The van der Waals surface area contributed by atoms with Crippen molar-refractivity contribution in [2.24, 2.45) is 11.8 Å². The first kappa shape index (κ1) is 17.4. The third-order valence-corrected chi connectivity index (χ3v) is 4.94. The number of benzene rings is 1. The number of ether oxygens (including phenoxy) is 2. The molecule has 2 unspecified atom stereocenters. The average molecular weight is 347 g/mol. The van der Waals surface area contributed by atoms with Crippen molar-refractivity contribution >= 4 is 23.2 Å². The van der Waals surface area contributed by atoms with Crippen LogP contribution in [0, 0.1) is 11.8 Å². The van der Waals surface area contributed by atoms with E-state index in [1.807, 2.05) is 18.7 Å². The van der Waals surface area contributed by atoms with Crippen molar-refractivity contribution in [2.75, 3.05) is 30.9 Å². The predicted molar refractivity (Wildman–Crippen MR) is 94.4 cm³/mol. The van der Waals surface area contributed by atoms with Crippen molar-refractivity contribution in [1.82, 2.24) is 4.90 Å². The standard InChI is InChI=1S/C18H25N3O4/c1-3-11(2)18(23)21-6-4-5-12(9-21)17(22)20-14-8-16-15(7-13(14)19)24-10-25-16/h7-8,11-12H,3-6,9-10,19H2,1-2H3,(H,20,22). The fourth-order valence-corrected chi connectivity index (χ4v) is 3.18. The van der Waals surface area contributed by atoms with Gasteiger partial charge in [-0.2, -0.15) is 0 Å². The molecule has 136 valence electrons. The maximum atomic E-state index is 12.7. The van der Waals surface area contributed by atoms with Crippen LogP contribution >= 0.6 is 0 Å². The first-order valence-corrected chi connectivity index (χ1v) is 8.78. The molecule has 3 rings (SSSR count). The van der Waals surface area contributed by atoms with Gasteiger partial charge < -0.3 is 25.4 Å². The summed E-state index contributed by atoms with van der Waals surface area (Å²) in [7, 11) is 0. The summed E-state index contributed by atoms with van der Waals surface area (Å²) < 4.78 is 10.6. The lowest BCUT2D eigenvalue weighted by atomic mass is 9.95.